The van der Waals surface area contributed by atoms with E-state index in [0.29, 0.717) is 11.5 Å². The van der Waals surface area contributed by atoms with Crippen LogP contribution in [-0.4, -0.2) is 25.3 Å². The Bertz CT molecular complexity index is 710. The Hall–Kier alpha value is -2.89. The van der Waals surface area contributed by atoms with Crippen LogP contribution in [0.3, 0.4) is 0 Å². The van der Waals surface area contributed by atoms with Gasteiger partial charge >= 0.3 is 0 Å². The van der Waals surface area contributed by atoms with E-state index < -0.39 is 0 Å². The van der Waals surface area contributed by atoms with Gasteiger partial charge in [0, 0.05) is 6.20 Å². The molecule has 0 aliphatic carbocycles. The molecule has 2 N–H and O–H groups in total. The van der Waals surface area contributed by atoms with E-state index in [1.807, 2.05) is 6.07 Å². The highest BCUT2D eigenvalue weighted by Crippen LogP contribution is 2.31. The van der Waals surface area contributed by atoms with E-state index in [1.165, 1.54) is 18.2 Å². The van der Waals surface area contributed by atoms with E-state index in [2.05, 4.69) is 15.1 Å². The highest BCUT2D eigenvalue weighted by Gasteiger charge is 2.15. The molecule has 2 heterocycles. The largest absolute Gasteiger partial charge is 0.508 e. The van der Waals surface area contributed by atoms with Gasteiger partial charge in [-0.3, -0.25) is 4.98 Å². The summed E-state index contributed by atoms with van der Waals surface area (Å²) in [6, 6.07) is 9.42. The second-order valence-corrected chi connectivity index (χ2v) is 3.84. The number of benzene rings is 1. The highest BCUT2D eigenvalue weighted by molar-refractivity contribution is 5.65. The van der Waals surface area contributed by atoms with Crippen molar-refractivity contribution in [2.75, 3.05) is 0 Å². The SMILES string of the molecule is Oc1ccc(O)c(-c2nc(-c3ccccn3)no2)c1. The number of aromatic hydroxyl groups is 2. The second kappa shape index (κ2) is 4.41. The lowest BCUT2D eigenvalue weighted by Crippen LogP contribution is -1.84. The zero-order valence-electron chi connectivity index (χ0n) is 9.69. The maximum absolute atomic E-state index is 9.71. The smallest absolute Gasteiger partial charge is 0.262 e. The summed E-state index contributed by atoms with van der Waals surface area (Å²) in [4.78, 5) is 8.24. The molecule has 6 heteroatoms. The molecule has 2 aromatic heterocycles. The molecule has 0 unspecified atom stereocenters. The van der Waals surface area contributed by atoms with Crippen LogP contribution in [0, 0.1) is 0 Å². The molecule has 0 saturated carbocycles. The van der Waals surface area contributed by atoms with Crippen molar-refractivity contribution < 1.29 is 14.7 Å². The molecule has 0 aliphatic rings. The van der Waals surface area contributed by atoms with Crippen molar-refractivity contribution in [3.05, 3.63) is 42.6 Å². The average molecular weight is 255 g/mol. The first kappa shape index (κ1) is 11.2. The van der Waals surface area contributed by atoms with Crippen LogP contribution in [0.2, 0.25) is 0 Å². The first-order valence-electron chi connectivity index (χ1n) is 5.51. The Morgan fingerprint density at radius 1 is 1.05 bits per heavy atom. The van der Waals surface area contributed by atoms with E-state index >= 15 is 0 Å². The standard InChI is InChI=1S/C13H9N3O3/c17-8-4-5-11(18)9(7-8)13-15-12(16-19-13)10-3-1-2-6-14-10/h1-7,17-18H. The van der Waals surface area contributed by atoms with Crippen molar-refractivity contribution in [1.82, 2.24) is 15.1 Å². The Labute approximate surface area is 108 Å². The van der Waals surface area contributed by atoms with E-state index in [0.717, 1.165) is 0 Å². The van der Waals surface area contributed by atoms with Crippen molar-refractivity contribution >= 4 is 0 Å². The molecule has 0 spiro atoms. The maximum atomic E-state index is 9.71. The summed E-state index contributed by atoms with van der Waals surface area (Å²) < 4.78 is 5.07. The molecule has 19 heavy (non-hydrogen) atoms. The Balaban J connectivity index is 2.04. The lowest BCUT2D eigenvalue weighted by Gasteiger charge is -1.99. The van der Waals surface area contributed by atoms with Gasteiger partial charge in [-0.15, -0.1) is 0 Å². The fourth-order valence-corrected chi connectivity index (χ4v) is 1.63. The molecule has 0 saturated heterocycles. The molecule has 0 atom stereocenters. The van der Waals surface area contributed by atoms with Crippen molar-refractivity contribution in [1.29, 1.82) is 0 Å². The summed E-state index contributed by atoms with van der Waals surface area (Å²) >= 11 is 0. The lowest BCUT2D eigenvalue weighted by molar-refractivity contribution is 0.423. The third-order valence-electron chi connectivity index (χ3n) is 2.53. The van der Waals surface area contributed by atoms with E-state index in [1.54, 1.807) is 18.3 Å². The van der Waals surface area contributed by atoms with Crippen molar-refractivity contribution in [2.24, 2.45) is 0 Å². The number of hydrogen-bond acceptors (Lipinski definition) is 6. The van der Waals surface area contributed by atoms with Crippen molar-refractivity contribution in [3.63, 3.8) is 0 Å². The van der Waals surface area contributed by atoms with Gasteiger partial charge in [0.15, 0.2) is 0 Å². The molecule has 0 fully saturated rings. The molecular formula is C13H9N3O3. The number of pyridine rings is 1. The normalized spacial score (nSPS) is 10.5. The summed E-state index contributed by atoms with van der Waals surface area (Å²) in [6.45, 7) is 0. The third kappa shape index (κ3) is 2.11. The van der Waals surface area contributed by atoms with E-state index in [9.17, 15) is 10.2 Å². The summed E-state index contributed by atoms with van der Waals surface area (Å²) in [5.74, 6) is 0.395. The van der Waals surface area contributed by atoms with Crippen LogP contribution in [0.15, 0.2) is 47.1 Å². The number of nitrogens with zero attached hydrogens (tertiary/aromatic N) is 3. The number of hydrogen-bond donors (Lipinski definition) is 2. The average Bonchev–Trinajstić information content (AvgIpc) is 2.92. The van der Waals surface area contributed by atoms with E-state index in [-0.39, 0.29) is 23.0 Å². The summed E-state index contributed by atoms with van der Waals surface area (Å²) in [7, 11) is 0. The fraction of sp³-hybridized carbons (Fsp3) is 0. The van der Waals surface area contributed by atoms with Gasteiger partial charge in [-0.2, -0.15) is 4.98 Å². The molecule has 6 nitrogen and oxygen atoms in total. The van der Waals surface area contributed by atoms with Gasteiger partial charge in [-0.1, -0.05) is 11.2 Å². The maximum Gasteiger partial charge on any atom is 0.262 e. The van der Waals surface area contributed by atoms with E-state index in [4.69, 9.17) is 4.52 Å². The van der Waals surface area contributed by atoms with Crippen LogP contribution >= 0.6 is 0 Å². The Kier molecular flexibility index (Phi) is 2.60. The first-order valence-corrected chi connectivity index (χ1v) is 5.51. The monoisotopic (exact) mass is 255 g/mol. The van der Waals surface area contributed by atoms with Gasteiger partial charge in [0.1, 0.15) is 17.2 Å². The quantitative estimate of drug-likeness (QED) is 0.682. The van der Waals surface area contributed by atoms with Crippen molar-refractivity contribution in [2.45, 2.75) is 0 Å². The topological polar surface area (TPSA) is 92.3 Å². The minimum Gasteiger partial charge on any atom is -0.508 e. The number of aromatic nitrogens is 3. The lowest BCUT2D eigenvalue weighted by atomic mass is 10.2. The Morgan fingerprint density at radius 3 is 2.74 bits per heavy atom. The molecule has 3 rings (SSSR count). The summed E-state index contributed by atoms with van der Waals surface area (Å²) in [5, 5.41) is 22.9. The van der Waals surface area contributed by atoms with Crippen LogP contribution in [-0.2, 0) is 0 Å². The molecule has 3 aromatic rings. The third-order valence-corrected chi connectivity index (χ3v) is 2.53. The number of phenols is 2. The minimum absolute atomic E-state index is 0.00499. The van der Waals surface area contributed by atoms with Gasteiger partial charge in [-0.05, 0) is 30.3 Å². The van der Waals surface area contributed by atoms with Crippen LogP contribution in [0.4, 0.5) is 0 Å². The van der Waals surface area contributed by atoms with Crippen LogP contribution in [0.1, 0.15) is 0 Å². The van der Waals surface area contributed by atoms with Crippen LogP contribution in [0.5, 0.6) is 11.5 Å². The molecule has 1 aromatic carbocycles. The van der Waals surface area contributed by atoms with Gasteiger partial charge in [0.2, 0.25) is 5.82 Å². The van der Waals surface area contributed by atoms with Crippen molar-refractivity contribution in [3.8, 4) is 34.5 Å². The van der Waals surface area contributed by atoms with Gasteiger partial charge in [0.05, 0.1) is 5.56 Å². The summed E-state index contributed by atoms with van der Waals surface area (Å²) in [6.07, 6.45) is 1.62. The predicted octanol–water partition coefficient (Wildman–Crippen LogP) is 2.21. The fourth-order valence-electron chi connectivity index (χ4n) is 1.63. The molecule has 0 radical (unpaired) electrons. The van der Waals surface area contributed by atoms with Crippen LogP contribution < -0.4 is 0 Å². The Morgan fingerprint density at radius 2 is 1.95 bits per heavy atom. The molecule has 0 bridgehead atoms. The van der Waals surface area contributed by atoms with Crippen LogP contribution in [0.25, 0.3) is 23.0 Å². The van der Waals surface area contributed by atoms with Gasteiger partial charge in [-0.25, -0.2) is 0 Å². The second-order valence-electron chi connectivity index (χ2n) is 3.84. The van der Waals surface area contributed by atoms with Gasteiger partial charge < -0.3 is 14.7 Å². The molecule has 0 amide bonds. The molecular weight excluding hydrogens is 246 g/mol. The summed E-state index contributed by atoms with van der Waals surface area (Å²) in [5.41, 5.74) is 0.840. The highest BCUT2D eigenvalue weighted by atomic mass is 16.5. The first-order chi connectivity index (χ1) is 9.24. The number of rotatable bonds is 2. The zero-order valence-corrected chi connectivity index (χ0v) is 9.69. The van der Waals surface area contributed by atoms with Gasteiger partial charge in [0.25, 0.3) is 5.89 Å². The molecule has 0 aliphatic heterocycles. The number of phenolic OH excluding ortho intramolecular Hbond substituents is 2. The minimum atomic E-state index is -0.0472. The molecule has 94 valence electrons. The zero-order chi connectivity index (χ0) is 13.2. The predicted molar refractivity (Wildman–Crippen MR) is 66.3 cm³/mol.